The number of aliphatic hydroxyl groups excluding tert-OH is 1. The standard InChI is InChI=1S/C11H12FN3O/c1-15-5-3-8(14-15)6-11(16)9-2-4-13-7-10(9)12/h2-5,7,11,16H,6H2,1H3. The highest BCUT2D eigenvalue weighted by Crippen LogP contribution is 2.19. The minimum absolute atomic E-state index is 0.251. The molecule has 1 N–H and O–H groups in total. The van der Waals surface area contributed by atoms with E-state index >= 15 is 0 Å². The lowest BCUT2D eigenvalue weighted by molar-refractivity contribution is 0.172. The van der Waals surface area contributed by atoms with Crippen LogP contribution in [0, 0.1) is 5.82 Å². The number of pyridine rings is 1. The van der Waals surface area contributed by atoms with Crippen molar-refractivity contribution in [3.63, 3.8) is 0 Å². The number of hydrogen-bond donors (Lipinski definition) is 1. The molecule has 2 heterocycles. The molecule has 0 saturated heterocycles. The Morgan fingerprint density at radius 1 is 1.50 bits per heavy atom. The highest BCUT2D eigenvalue weighted by molar-refractivity contribution is 5.17. The third kappa shape index (κ3) is 2.25. The summed E-state index contributed by atoms with van der Waals surface area (Å²) in [6.07, 6.45) is 3.74. The molecule has 0 bridgehead atoms. The summed E-state index contributed by atoms with van der Waals surface area (Å²) in [5, 5.41) is 14.0. The molecule has 1 atom stereocenters. The number of aromatic nitrogens is 3. The van der Waals surface area contributed by atoms with Gasteiger partial charge < -0.3 is 5.11 Å². The normalized spacial score (nSPS) is 12.7. The number of rotatable bonds is 3. The van der Waals surface area contributed by atoms with Crippen LogP contribution in [0.4, 0.5) is 4.39 Å². The van der Waals surface area contributed by atoms with Crippen molar-refractivity contribution >= 4 is 0 Å². The third-order valence-corrected chi connectivity index (χ3v) is 2.33. The molecule has 0 aromatic carbocycles. The molecule has 2 aromatic heterocycles. The highest BCUT2D eigenvalue weighted by Gasteiger charge is 2.14. The van der Waals surface area contributed by atoms with Crippen molar-refractivity contribution in [2.75, 3.05) is 0 Å². The molecule has 0 amide bonds. The Kier molecular flexibility index (Phi) is 2.96. The van der Waals surface area contributed by atoms with Crippen LogP contribution in [-0.4, -0.2) is 19.9 Å². The van der Waals surface area contributed by atoms with Crippen LogP contribution < -0.4 is 0 Å². The van der Waals surface area contributed by atoms with Crippen LogP contribution >= 0.6 is 0 Å². The lowest BCUT2D eigenvalue weighted by atomic mass is 10.1. The molecular weight excluding hydrogens is 209 g/mol. The van der Waals surface area contributed by atoms with Crippen molar-refractivity contribution in [3.05, 3.63) is 47.8 Å². The van der Waals surface area contributed by atoms with E-state index in [1.54, 1.807) is 24.0 Å². The molecule has 16 heavy (non-hydrogen) atoms. The molecule has 4 nitrogen and oxygen atoms in total. The van der Waals surface area contributed by atoms with Gasteiger partial charge >= 0.3 is 0 Å². The number of hydrogen-bond acceptors (Lipinski definition) is 3. The largest absolute Gasteiger partial charge is 0.388 e. The third-order valence-electron chi connectivity index (χ3n) is 2.33. The van der Waals surface area contributed by atoms with Crippen molar-refractivity contribution in [3.8, 4) is 0 Å². The zero-order chi connectivity index (χ0) is 11.5. The molecular formula is C11H12FN3O. The molecule has 5 heteroatoms. The van der Waals surface area contributed by atoms with Crippen LogP contribution in [-0.2, 0) is 13.5 Å². The SMILES string of the molecule is Cn1ccc(CC(O)c2ccncc2F)n1. The van der Waals surface area contributed by atoms with Crippen LogP contribution in [0.5, 0.6) is 0 Å². The predicted molar refractivity (Wildman–Crippen MR) is 56.1 cm³/mol. The van der Waals surface area contributed by atoms with Gasteiger partial charge in [-0.2, -0.15) is 5.10 Å². The Morgan fingerprint density at radius 2 is 2.31 bits per heavy atom. The van der Waals surface area contributed by atoms with E-state index in [1.165, 1.54) is 12.3 Å². The number of halogens is 1. The maximum atomic E-state index is 13.3. The summed E-state index contributed by atoms with van der Waals surface area (Å²) >= 11 is 0. The average molecular weight is 221 g/mol. The Labute approximate surface area is 92.4 Å². The molecule has 0 radical (unpaired) electrons. The summed E-state index contributed by atoms with van der Waals surface area (Å²) in [4.78, 5) is 3.63. The van der Waals surface area contributed by atoms with Gasteiger partial charge in [0.05, 0.1) is 18.0 Å². The summed E-state index contributed by atoms with van der Waals surface area (Å²) in [6, 6.07) is 3.27. The van der Waals surface area contributed by atoms with E-state index in [9.17, 15) is 9.50 Å². The second-order valence-corrected chi connectivity index (χ2v) is 3.60. The number of nitrogens with zero attached hydrogens (tertiary/aromatic N) is 3. The number of aliphatic hydroxyl groups is 1. The minimum atomic E-state index is -0.891. The lowest BCUT2D eigenvalue weighted by Crippen LogP contribution is -2.05. The summed E-state index contributed by atoms with van der Waals surface area (Å²) in [7, 11) is 1.79. The lowest BCUT2D eigenvalue weighted by Gasteiger charge is -2.09. The topological polar surface area (TPSA) is 50.9 Å². The molecule has 84 valence electrons. The molecule has 2 rings (SSSR count). The van der Waals surface area contributed by atoms with Crippen LogP contribution in [0.3, 0.4) is 0 Å². The van der Waals surface area contributed by atoms with E-state index in [2.05, 4.69) is 10.1 Å². The first-order valence-corrected chi connectivity index (χ1v) is 4.93. The zero-order valence-corrected chi connectivity index (χ0v) is 8.84. The maximum Gasteiger partial charge on any atom is 0.147 e. The zero-order valence-electron chi connectivity index (χ0n) is 8.84. The van der Waals surface area contributed by atoms with Gasteiger partial charge in [-0.3, -0.25) is 9.67 Å². The van der Waals surface area contributed by atoms with Gasteiger partial charge in [-0.15, -0.1) is 0 Å². The first-order valence-electron chi connectivity index (χ1n) is 4.93. The van der Waals surface area contributed by atoms with Gasteiger partial charge in [0.25, 0.3) is 0 Å². The van der Waals surface area contributed by atoms with Gasteiger partial charge in [0, 0.05) is 31.4 Å². The monoisotopic (exact) mass is 221 g/mol. The van der Waals surface area contributed by atoms with Crippen molar-refractivity contribution in [1.82, 2.24) is 14.8 Å². The molecule has 0 aliphatic heterocycles. The first-order chi connectivity index (χ1) is 7.66. The molecule has 2 aromatic rings. The van der Waals surface area contributed by atoms with Gasteiger partial charge in [-0.05, 0) is 12.1 Å². The van der Waals surface area contributed by atoms with E-state index in [1.807, 2.05) is 0 Å². The van der Waals surface area contributed by atoms with Gasteiger partial charge in [0.1, 0.15) is 5.82 Å². The second-order valence-electron chi connectivity index (χ2n) is 3.60. The first kappa shape index (κ1) is 10.8. The Balaban J connectivity index is 2.14. The van der Waals surface area contributed by atoms with Crippen molar-refractivity contribution < 1.29 is 9.50 Å². The summed E-state index contributed by atoms with van der Waals surface area (Å²) in [6.45, 7) is 0. The predicted octanol–water partition coefficient (Wildman–Crippen LogP) is 1.23. The van der Waals surface area contributed by atoms with Crippen LogP contribution in [0.2, 0.25) is 0 Å². The fourth-order valence-corrected chi connectivity index (χ4v) is 1.54. The van der Waals surface area contributed by atoms with Crippen molar-refractivity contribution in [2.45, 2.75) is 12.5 Å². The fraction of sp³-hybridized carbons (Fsp3) is 0.273. The van der Waals surface area contributed by atoms with Crippen LogP contribution in [0.25, 0.3) is 0 Å². The van der Waals surface area contributed by atoms with Gasteiger partial charge in [-0.25, -0.2) is 4.39 Å². The smallest absolute Gasteiger partial charge is 0.147 e. The second kappa shape index (κ2) is 4.40. The highest BCUT2D eigenvalue weighted by atomic mass is 19.1. The summed E-state index contributed by atoms with van der Waals surface area (Å²) < 4.78 is 14.9. The van der Waals surface area contributed by atoms with Gasteiger partial charge in [0.15, 0.2) is 0 Å². The Bertz CT molecular complexity index is 484. The van der Waals surface area contributed by atoms with E-state index < -0.39 is 11.9 Å². The molecule has 1 unspecified atom stereocenters. The number of aryl methyl sites for hydroxylation is 1. The quantitative estimate of drug-likeness (QED) is 0.848. The molecule has 0 aliphatic carbocycles. The van der Waals surface area contributed by atoms with E-state index in [0.29, 0.717) is 6.42 Å². The summed E-state index contributed by atoms with van der Waals surface area (Å²) in [5.74, 6) is -0.495. The maximum absolute atomic E-state index is 13.3. The van der Waals surface area contributed by atoms with E-state index in [4.69, 9.17) is 0 Å². The molecule has 0 spiro atoms. The molecule has 0 fully saturated rings. The van der Waals surface area contributed by atoms with Crippen LogP contribution in [0.15, 0.2) is 30.7 Å². The summed E-state index contributed by atoms with van der Waals surface area (Å²) in [5.41, 5.74) is 0.979. The average Bonchev–Trinajstić information content (AvgIpc) is 2.64. The molecule has 0 saturated carbocycles. The van der Waals surface area contributed by atoms with Crippen molar-refractivity contribution in [2.24, 2.45) is 7.05 Å². The minimum Gasteiger partial charge on any atom is -0.388 e. The van der Waals surface area contributed by atoms with Gasteiger partial charge in [-0.1, -0.05) is 0 Å². The van der Waals surface area contributed by atoms with Crippen molar-refractivity contribution in [1.29, 1.82) is 0 Å². The molecule has 0 aliphatic rings. The Hall–Kier alpha value is -1.75. The van der Waals surface area contributed by atoms with E-state index in [0.717, 1.165) is 11.9 Å². The van der Waals surface area contributed by atoms with Crippen LogP contribution in [0.1, 0.15) is 17.4 Å². The Morgan fingerprint density at radius 3 is 2.94 bits per heavy atom. The van der Waals surface area contributed by atoms with E-state index in [-0.39, 0.29) is 5.56 Å². The fourth-order valence-electron chi connectivity index (χ4n) is 1.54. The van der Waals surface area contributed by atoms with Gasteiger partial charge in [0.2, 0.25) is 0 Å².